The van der Waals surface area contributed by atoms with E-state index >= 15 is 0 Å². The second kappa shape index (κ2) is 8.43. The average molecular weight is 438 g/mol. The topological polar surface area (TPSA) is 59.0 Å². The van der Waals surface area contributed by atoms with Crippen molar-refractivity contribution in [3.8, 4) is 11.5 Å². The number of rotatable bonds is 5. The average Bonchev–Trinajstić information content (AvgIpc) is 3.29. The van der Waals surface area contributed by atoms with Crippen LogP contribution in [0.5, 0.6) is 11.5 Å². The van der Waals surface area contributed by atoms with E-state index in [0.29, 0.717) is 25.3 Å². The summed E-state index contributed by atoms with van der Waals surface area (Å²) in [6.45, 7) is 7.68. The number of nitrogens with zero attached hydrogens (tertiary/aromatic N) is 1. The molecule has 5 heteroatoms. The molecule has 2 aromatic carbocycles. The Morgan fingerprint density at radius 1 is 0.969 bits per heavy atom. The summed E-state index contributed by atoms with van der Waals surface area (Å²) >= 11 is 0. The van der Waals surface area contributed by atoms with Gasteiger partial charge < -0.3 is 19.5 Å². The van der Waals surface area contributed by atoms with Crippen LogP contribution in [-0.4, -0.2) is 43.2 Å². The van der Waals surface area contributed by atoms with E-state index in [1.807, 2.05) is 60.4 Å². The van der Waals surface area contributed by atoms with Gasteiger partial charge in [0.05, 0.1) is 25.7 Å². The number of aliphatic hydroxyl groups is 1. The van der Waals surface area contributed by atoms with Gasteiger partial charge in [-0.1, -0.05) is 50.2 Å². The Bertz CT molecular complexity index is 987. The van der Waals surface area contributed by atoms with Crippen LogP contribution in [0.3, 0.4) is 0 Å². The van der Waals surface area contributed by atoms with Crippen molar-refractivity contribution in [2.24, 2.45) is 17.3 Å². The Kier molecular flexibility index (Phi) is 5.97. The molecule has 4 atom stereocenters. The molecule has 1 N–H and O–H groups in total. The van der Waals surface area contributed by atoms with Gasteiger partial charge in [0.15, 0.2) is 0 Å². The third-order valence-corrected chi connectivity index (χ3v) is 7.95. The fourth-order valence-corrected chi connectivity index (χ4v) is 5.91. The first kappa shape index (κ1) is 22.7. The minimum Gasteiger partial charge on any atom is -0.496 e. The lowest BCUT2D eigenvalue weighted by Gasteiger charge is -2.49. The minimum atomic E-state index is -1.02. The van der Waals surface area contributed by atoms with E-state index in [0.717, 1.165) is 23.3 Å². The predicted octanol–water partition coefficient (Wildman–Crippen LogP) is 4.59. The van der Waals surface area contributed by atoms with Gasteiger partial charge in [0.2, 0.25) is 5.91 Å². The second-order valence-corrected chi connectivity index (χ2v) is 10.0. The summed E-state index contributed by atoms with van der Waals surface area (Å²) < 4.78 is 11.1. The van der Waals surface area contributed by atoms with Gasteiger partial charge in [-0.05, 0) is 43.2 Å². The first-order valence-electron chi connectivity index (χ1n) is 11.5. The maximum Gasteiger partial charge on any atom is 0.229 e. The van der Waals surface area contributed by atoms with Gasteiger partial charge in [-0.2, -0.15) is 0 Å². The monoisotopic (exact) mass is 437 g/mol. The lowest BCUT2D eigenvalue weighted by molar-refractivity contribution is -0.132. The van der Waals surface area contributed by atoms with Crippen LogP contribution < -0.4 is 9.47 Å². The summed E-state index contributed by atoms with van der Waals surface area (Å²) in [5, 5.41) is 12.1. The molecule has 2 aliphatic rings. The van der Waals surface area contributed by atoms with Crippen LogP contribution in [0.2, 0.25) is 0 Å². The number of benzene rings is 2. The largest absolute Gasteiger partial charge is 0.496 e. The molecule has 0 bridgehead atoms. The van der Waals surface area contributed by atoms with Crippen molar-refractivity contribution in [3.63, 3.8) is 0 Å². The number of para-hydroxylation sites is 2. The highest BCUT2D eigenvalue weighted by Gasteiger charge is 2.57. The van der Waals surface area contributed by atoms with Crippen molar-refractivity contribution < 1.29 is 19.4 Å². The number of fused-ring (bicyclic) bond motifs is 1. The van der Waals surface area contributed by atoms with E-state index in [-0.39, 0.29) is 29.1 Å². The van der Waals surface area contributed by atoms with Gasteiger partial charge in [0.25, 0.3) is 0 Å². The Morgan fingerprint density at radius 2 is 1.56 bits per heavy atom. The molecule has 0 aromatic heterocycles. The second-order valence-electron chi connectivity index (χ2n) is 10.0. The summed E-state index contributed by atoms with van der Waals surface area (Å²) in [6.07, 6.45) is 1.55. The quantitative estimate of drug-likeness (QED) is 0.743. The molecule has 1 saturated heterocycles. The van der Waals surface area contributed by atoms with Crippen molar-refractivity contribution in [2.45, 2.75) is 45.1 Å². The van der Waals surface area contributed by atoms with Crippen LogP contribution in [0.1, 0.15) is 50.7 Å². The summed E-state index contributed by atoms with van der Waals surface area (Å²) in [4.78, 5) is 15.6. The number of hydrogen-bond acceptors (Lipinski definition) is 4. The van der Waals surface area contributed by atoms with Crippen molar-refractivity contribution >= 4 is 5.91 Å². The van der Waals surface area contributed by atoms with E-state index < -0.39 is 5.60 Å². The zero-order valence-electron chi connectivity index (χ0n) is 19.8. The van der Waals surface area contributed by atoms with Gasteiger partial charge in [-0.25, -0.2) is 0 Å². The fourth-order valence-electron chi connectivity index (χ4n) is 5.91. The maximum atomic E-state index is 13.6. The van der Waals surface area contributed by atoms with Crippen molar-refractivity contribution in [2.75, 3.05) is 27.3 Å². The standard InChI is InChI=1S/C27H35NO4/c1-18(19-10-6-8-12-23(19)31-4)25(29)28-16-21-22(17-28)27(30,15-14-26(21,2)3)20-11-7-9-13-24(20)32-5/h6-13,18,21-22,30H,14-17H2,1-5H3. The van der Waals surface area contributed by atoms with Crippen LogP contribution in [0, 0.1) is 17.3 Å². The molecule has 5 nitrogen and oxygen atoms in total. The van der Waals surface area contributed by atoms with Crippen LogP contribution in [0.25, 0.3) is 0 Å². The van der Waals surface area contributed by atoms with Crippen molar-refractivity contribution in [1.82, 2.24) is 4.90 Å². The molecule has 172 valence electrons. The number of hydrogen-bond donors (Lipinski definition) is 1. The number of methoxy groups -OCH3 is 2. The van der Waals surface area contributed by atoms with E-state index in [1.54, 1.807) is 14.2 Å². The molecule has 1 heterocycles. The zero-order chi connectivity index (χ0) is 23.1. The number of carbonyl (C=O) groups is 1. The minimum absolute atomic E-state index is 0.0433. The van der Waals surface area contributed by atoms with E-state index in [4.69, 9.17) is 9.47 Å². The van der Waals surface area contributed by atoms with Crippen molar-refractivity contribution in [3.05, 3.63) is 59.7 Å². The first-order chi connectivity index (χ1) is 15.2. The van der Waals surface area contributed by atoms with Gasteiger partial charge in [0, 0.05) is 30.1 Å². The Labute approximate surface area is 191 Å². The Morgan fingerprint density at radius 3 is 2.25 bits per heavy atom. The summed E-state index contributed by atoms with van der Waals surface area (Å²) in [7, 11) is 3.28. The number of likely N-dealkylation sites (tertiary alicyclic amines) is 1. The smallest absolute Gasteiger partial charge is 0.229 e. The molecule has 32 heavy (non-hydrogen) atoms. The highest BCUT2D eigenvalue weighted by molar-refractivity contribution is 5.84. The summed E-state index contributed by atoms with van der Waals surface area (Å²) in [5.74, 6) is 1.38. The summed E-state index contributed by atoms with van der Waals surface area (Å²) in [6, 6.07) is 15.5. The Balaban J connectivity index is 1.66. The molecule has 0 spiro atoms. The third kappa shape index (κ3) is 3.66. The highest BCUT2D eigenvalue weighted by atomic mass is 16.5. The fraction of sp³-hybridized carbons (Fsp3) is 0.519. The van der Waals surface area contributed by atoms with Gasteiger partial charge in [-0.15, -0.1) is 0 Å². The third-order valence-electron chi connectivity index (χ3n) is 7.95. The van der Waals surface area contributed by atoms with Crippen LogP contribution in [-0.2, 0) is 10.4 Å². The lowest BCUT2D eigenvalue weighted by atomic mass is 9.57. The molecular formula is C27H35NO4. The molecule has 4 unspecified atom stereocenters. The maximum absolute atomic E-state index is 13.6. The van der Waals surface area contributed by atoms with E-state index in [1.165, 1.54) is 0 Å². The summed E-state index contributed by atoms with van der Waals surface area (Å²) in [5.41, 5.74) is 0.756. The molecule has 0 radical (unpaired) electrons. The lowest BCUT2D eigenvalue weighted by Crippen LogP contribution is -2.49. The van der Waals surface area contributed by atoms with Gasteiger partial charge >= 0.3 is 0 Å². The predicted molar refractivity (Wildman–Crippen MR) is 125 cm³/mol. The van der Waals surface area contributed by atoms with Gasteiger partial charge in [-0.3, -0.25) is 4.79 Å². The molecule has 4 rings (SSSR count). The normalized spacial score (nSPS) is 27.5. The van der Waals surface area contributed by atoms with E-state index in [2.05, 4.69) is 13.8 Å². The zero-order valence-corrected chi connectivity index (χ0v) is 19.8. The highest BCUT2D eigenvalue weighted by Crippen LogP contribution is 2.56. The molecule has 1 aliphatic carbocycles. The molecule has 1 saturated carbocycles. The Hall–Kier alpha value is -2.53. The molecule has 1 aliphatic heterocycles. The van der Waals surface area contributed by atoms with Crippen LogP contribution in [0.15, 0.2) is 48.5 Å². The van der Waals surface area contributed by atoms with E-state index in [9.17, 15) is 9.90 Å². The SMILES string of the molecule is COc1ccccc1C(C)C(=O)N1CC2C(C1)C(O)(c1ccccc1OC)CCC2(C)C. The number of amides is 1. The molecule has 1 amide bonds. The number of carbonyl (C=O) groups excluding carboxylic acids is 1. The van der Waals surface area contributed by atoms with Crippen LogP contribution >= 0.6 is 0 Å². The molecule has 2 aromatic rings. The van der Waals surface area contributed by atoms with Crippen LogP contribution in [0.4, 0.5) is 0 Å². The van der Waals surface area contributed by atoms with Gasteiger partial charge in [0.1, 0.15) is 11.5 Å². The number of ether oxygens (including phenoxy) is 2. The first-order valence-corrected chi connectivity index (χ1v) is 11.5. The van der Waals surface area contributed by atoms with Crippen molar-refractivity contribution in [1.29, 1.82) is 0 Å². The molecular weight excluding hydrogens is 402 g/mol. The molecule has 2 fully saturated rings.